The number of rotatable bonds is 12. The Morgan fingerprint density at radius 1 is 0.766 bits per heavy atom. The van der Waals surface area contributed by atoms with Gasteiger partial charge >= 0.3 is 29.6 Å². The molecule has 2 heterocycles. The summed E-state index contributed by atoms with van der Waals surface area (Å²) >= 11 is 0. The third kappa shape index (κ3) is 8.23. The van der Waals surface area contributed by atoms with Gasteiger partial charge in [0, 0.05) is 0 Å². The minimum absolute atomic E-state index is 0.0319. The standard InChI is InChI=1S/C33H30N4O10/c1-2-43-26(38)19-34-25-18-35-37(33(42)36-25)29-28(47-32(41)23-16-10-5-11-17-23)27(46-31(40)22-14-8-4-9-15-22)24(45-29)20-44-30(39)21-12-6-3-7-13-21/h3-18,24,27-29H,2,19-20H2,1H3,(H,34,36,42)/t24-,27+,28+,29-/m1/s1. The van der Waals surface area contributed by atoms with Gasteiger partial charge < -0.3 is 29.0 Å². The van der Waals surface area contributed by atoms with Gasteiger partial charge in [0.05, 0.1) is 29.5 Å². The topological polar surface area (TPSA) is 174 Å². The van der Waals surface area contributed by atoms with Crippen LogP contribution >= 0.6 is 0 Å². The van der Waals surface area contributed by atoms with Gasteiger partial charge in [0.1, 0.15) is 19.3 Å². The first-order chi connectivity index (χ1) is 22.8. The lowest BCUT2D eigenvalue weighted by molar-refractivity contribution is -0.140. The summed E-state index contributed by atoms with van der Waals surface area (Å²) in [5.41, 5.74) is -0.312. The Labute approximate surface area is 268 Å². The van der Waals surface area contributed by atoms with Crippen molar-refractivity contribution in [2.24, 2.45) is 0 Å². The normalized spacial score (nSPS) is 18.5. The van der Waals surface area contributed by atoms with E-state index in [0.29, 0.717) is 0 Å². The Balaban J connectivity index is 1.47. The van der Waals surface area contributed by atoms with Crippen molar-refractivity contribution in [3.05, 3.63) is 124 Å². The van der Waals surface area contributed by atoms with Gasteiger partial charge in [-0.2, -0.15) is 14.8 Å². The van der Waals surface area contributed by atoms with Gasteiger partial charge in [-0.05, 0) is 43.3 Å². The SMILES string of the molecule is CCOC(=O)CNc1cnn([C@@H]2O[C@H](COC(=O)c3ccccc3)[C@H](OC(=O)c3ccccc3)[C@@H]2OC(=O)c2ccccc2)c(=O)n1. The first-order valence-electron chi connectivity index (χ1n) is 14.6. The second-order valence-electron chi connectivity index (χ2n) is 10.0. The zero-order chi connectivity index (χ0) is 33.2. The molecule has 1 aliphatic heterocycles. The third-order valence-corrected chi connectivity index (χ3v) is 6.86. The number of hydrogen-bond acceptors (Lipinski definition) is 13. The van der Waals surface area contributed by atoms with Gasteiger partial charge in [0.25, 0.3) is 0 Å². The first kappa shape index (κ1) is 32.5. The Hall–Kier alpha value is -5.89. The molecule has 1 aromatic heterocycles. The smallest absolute Gasteiger partial charge is 0.368 e. The van der Waals surface area contributed by atoms with Crippen LogP contribution in [0.1, 0.15) is 44.2 Å². The average molecular weight is 643 g/mol. The van der Waals surface area contributed by atoms with E-state index in [1.807, 2.05) is 0 Å². The molecule has 14 nitrogen and oxygen atoms in total. The maximum absolute atomic E-state index is 13.3. The van der Waals surface area contributed by atoms with Crippen molar-refractivity contribution < 1.29 is 42.9 Å². The molecule has 4 atom stereocenters. The molecule has 1 N–H and O–H groups in total. The van der Waals surface area contributed by atoms with E-state index in [0.717, 1.165) is 10.9 Å². The van der Waals surface area contributed by atoms with Crippen LogP contribution < -0.4 is 11.0 Å². The van der Waals surface area contributed by atoms with E-state index in [4.69, 9.17) is 23.7 Å². The van der Waals surface area contributed by atoms with Crippen molar-refractivity contribution in [3.8, 4) is 0 Å². The summed E-state index contributed by atoms with van der Waals surface area (Å²) in [6, 6.07) is 24.3. The maximum atomic E-state index is 13.3. The summed E-state index contributed by atoms with van der Waals surface area (Å²) in [5, 5.41) is 6.77. The highest BCUT2D eigenvalue weighted by atomic mass is 16.7. The lowest BCUT2D eigenvalue weighted by atomic mass is 10.1. The molecular weight excluding hydrogens is 612 g/mol. The van der Waals surface area contributed by atoms with Crippen LogP contribution in [-0.2, 0) is 28.5 Å². The van der Waals surface area contributed by atoms with Gasteiger partial charge in [0.15, 0.2) is 24.3 Å². The van der Waals surface area contributed by atoms with Crippen LogP contribution in [0.25, 0.3) is 0 Å². The average Bonchev–Trinajstić information content (AvgIpc) is 3.43. The summed E-state index contributed by atoms with van der Waals surface area (Å²) in [6.07, 6.45) is -4.37. The predicted molar refractivity (Wildman–Crippen MR) is 163 cm³/mol. The van der Waals surface area contributed by atoms with E-state index >= 15 is 0 Å². The molecule has 4 aromatic rings. The Morgan fingerprint density at radius 2 is 1.30 bits per heavy atom. The Kier molecular flexibility index (Phi) is 10.7. The van der Waals surface area contributed by atoms with Crippen molar-refractivity contribution in [1.82, 2.24) is 14.8 Å². The van der Waals surface area contributed by atoms with Crippen LogP contribution in [0.2, 0.25) is 0 Å². The molecule has 0 aliphatic carbocycles. The molecule has 0 saturated carbocycles. The summed E-state index contributed by atoms with van der Waals surface area (Å²) < 4.78 is 29.0. The quantitative estimate of drug-likeness (QED) is 0.177. The highest BCUT2D eigenvalue weighted by molar-refractivity contribution is 5.91. The van der Waals surface area contributed by atoms with E-state index in [1.165, 1.54) is 24.3 Å². The number of nitrogens with zero attached hydrogens (tertiary/aromatic N) is 3. The largest absolute Gasteiger partial charge is 0.465 e. The minimum Gasteiger partial charge on any atom is -0.465 e. The van der Waals surface area contributed by atoms with E-state index in [2.05, 4.69) is 15.4 Å². The second-order valence-corrected chi connectivity index (χ2v) is 10.0. The number of ether oxygens (including phenoxy) is 5. The fourth-order valence-corrected chi connectivity index (χ4v) is 4.64. The lowest BCUT2D eigenvalue weighted by Crippen LogP contribution is -2.43. The van der Waals surface area contributed by atoms with E-state index in [1.54, 1.807) is 73.7 Å². The summed E-state index contributed by atoms with van der Waals surface area (Å²) in [6.45, 7) is 1.11. The number of aromatic nitrogens is 3. The molecule has 14 heteroatoms. The van der Waals surface area contributed by atoms with Gasteiger partial charge in [-0.1, -0.05) is 54.6 Å². The first-order valence-corrected chi connectivity index (χ1v) is 14.6. The minimum atomic E-state index is -1.48. The number of carbonyl (C=O) groups excluding carboxylic acids is 4. The van der Waals surface area contributed by atoms with Crippen molar-refractivity contribution >= 4 is 29.7 Å². The number of hydrogen-bond donors (Lipinski definition) is 1. The zero-order valence-electron chi connectivity index (χ0n) is 25.1. The molecule has 0 spiro atoms. The summed E-state index contributed by atoms with van der Waals surface area (Å²) in [5.74, 6) is -2.87. The van der Waals surface area contributed by atoms with Gasteiger partial charge in [0.2, 0.25) is 0 Å². The molecule has 5 rings (SSSR count). The summed E-state index contributed by atoms with van der Waals surface area (Å²) in [7, 11) is 0. The highest BCUT2D eigenvalue weighted by Gasteiger charge is 2.52. The molecule has 0 unspecified atom stereocenters. The third-order valence-electron chi connectivity index (χ3n) is 6.86. The number of carbonyl (C=O) groups is 4. The predicted octanol–water partition coefficient (Wildman–Crippen LogP) is 2.82. The molecule has 1 saturated heterocycles. The number of anilines is 1. The molecule has 3 aromatic carbocycles. The maximum Gasteiger partial charge on any atom is 0.368 e. The van der Waals surface area contributed by atoms with E-state index in [-0.39, 0.29) is 35.7 Å². The van der Waals surface area contributed by atoms with Crippen LogP contribution in [0.5, 0.6) is 0 Å². The van der Waals surface area contributed by atoms with Crippen LogP contribution in [0.4, 0.5) is 5.82 Å². The van der Waals surface area contributed by atoms with Crippen molar-refractivity contribution in [2.75, 3.05) is 25.1 Å². The van der Waals surface area contributed by atoms with Crippen LogP contribution in [0, 0.1) is 0 Å². The van der Waals surface area contributed by atoms with Crippen molar-refractivity contribution in [1.29, 1.82) is 0 Å². The van der Waals surface area contributed by atoms with Crippen LogP contribution in [-0.4, -0.2) is 76.7 Å². The molecular formula is C33H30N4O10. The summed E-state index contributed by atoms with van der Waals surface area (Å²) in [4.78, 5) is 68.2. The molecule has 0 bridgehead atoms. The monoisotopic (exact) mass is 642 g/mol. The molecule has 0 amide bonds. The van der Waals surface area contributed by atoms with Crippen LogP contribution in [0.15, 0.2) is 102 Å². The second kappa shape index (κ2) is 15.4. The fraction of sp³-hybridized carbons (Fsp3) is 0.242. The number of benzene rings is 3. The Morgan fingerprint density at radius 3 is 1.83 bits per heavy atom. The van der Waals surface area contributed by atoms with E-state index < -0.39 is 60.7 Å². The molecule has 242 valence electrons. The van der Waals surface area contributed by atoms with E-state index in [9.17, 15) is 24.0 Å². The number of nitrogens with one attached hydrogen (secondary N) is 1. The zero-order valence-corrected chi connectivity index (χ0v) is 25.1. The fourth-order valence-electron chi connectivity index (χ4n) is 4.64. The lowest BCUT2D eigenvalue weighted by Gasteiger charge is -2.24. The Bertz CT molecular complexity index is 1750. The van der Waals surface area contributed by atoms with Crippen molar-refractivity contribution in [2.45, 2.75) is 31.5 Å². The number of esters is 4. The molecule has 47 heavy (non-hydrogen) atoms. The highest BCUT2D eigenvalue weighted by Crippen LogP contribution is 2.34. The van der Waals surface area contributed by atoms with Gasteiger partial charge in [-0.3, -0.25) is 4.79 Å². The van der Waals surface area contributed by atoms with Gasteiger partial charge in [-0.15, -0.1) is 0 Å². The van der Waals surface area contributed by atoms with Crippen molar-refractivity contribution in [3.63, 3.8) is 0 Å². The molecule has 1 fully saturated rings. The van der Waals surface area contributed by atoms with Gasteiger partial charge in [-0.25, -0.2) is 19.2 Å². The van der Waals surface area contributed by atoms with Crippen LogP contribution in [0.3, 0.4) is 0 Å². The molecule has 1 aliphatic rings. The molecule has 0 radical (unpaired) electrons.